The second-order valence-electron chi connectivity index (χ2n) is 9.77. The van der Waals surface area contributed by atoms with E-state index in [1.807, 2.05) is 0 Å². The maximum Gasteiger partial charge on any atom is 0.410 e. The largest absolute Gasteiger partial charge is 0.444 e. The molecule has 1 aliphatic rings. The summed E-state index contributed by atoms with van der Waals surface area (Å²) >= 11 is 0. The first kappa shape index (κ1) is 25.4. The number of hydrogen-bond donors (Lipinski definition) is 0. The SMILES string of the molecule is CC(C)(C)OC(=O)N1CCc2cc(CC(=O)c3cn(Cc4cc(F)c(F)c(F)c4)cn3)c(F)cc2C1. The molecule has 0 N–H and O–H groups in total. The molecule has 0 fully saturated rings. The summed E-state index contributed by atoms with van der Waals surface area (Å²) < 4.78 is 61.7. The summed E-state index contributed by atoms with van der Waals surface area (Å²) in [5.41, 5.74) is 1.30. The van der Waals surface area contributed by atoms with Crippen LogP contribution in [-0.4, -0.2) is 38.5 Å². The van der Waals surface area contributed by atoms with E-state index in [0.29, 0.717) is 18.5 Å². The van der Waals surface area contributed by atoms with Crippen LogP contribution in [0.2, 0.25) is 0 Å². The Bertz CT molecular complexity index is 1310. The maximum atomic E-state index is 14.8. The Labute approximate surface area is 205 Å². The molecule has 0 atom stereocenters. The molecule has 0 aliphatic carbocycles. The van der Waals surface area contributed by atoms with Gasteiger partial charge in [0.15, 0.2) is 23.2 Å². The third-order valence-corrected chi connectivity index (χ3v) is 5.71. The number of halogens is 4. The monoisotopic (exact) mass is 503 g/mol. The molecule has 1 amide bonds. The number of hydrogen-bond acceptors (Lipinski definition) is 4. The minimum atomic E-state index is -1.55. The molecule has 36 heavy (non-hydrogen) atoms. The predicted octanol–water partition coefficient (Wildman–Crippen LogP) is 5.21. The molecule has 4 rings (SSSR count). The van der Waals surface area contributed by atoms with Crippen LogP contribution in [0.4, 0.5) is 22.4 Å². The van der Waals surface area contributed by atoms with Crippen molar-refractivity contribution in [2.45, 2.75) is 52.3 Å². The maximum absolute atomic E-state index is 14.8. The summed E-state index contributed by atoms with van der Waals surface area (Å²) in [6, 6.07) is 4.71. The summed E-state index contributed by atoms with van der Waals surface area (Å²) in [4.78, 5) is 30.6. The lowest BCUT2D eigenvalue weighted by molar-refractivity contribution is 0.0223. The Balaban J connectivity index is 1.43. The van der Waals surface area contributed by atoms with Crippen LogP contribution < -0.4 is 0 Å². The minimum Gasteiger partial charge on any atom is -0.444 e. The van der Waals surface area contributed by atoms with Gasteiger partial charge in [0.05, 0.1) is 6.33 Å². The third kappa shape index (κ3) is 5.75. The van der Waals surface area contributed by atoms with Gasteiger partial charge in [-0.3, -0.25) is 4.79 Å². The van der Waals surface area contributed by atoms with Crippen LogP contribution in [0.3, 0.4) is 0 Å². The van der Waals surface area contributed by atoms with E-state index in [2.05, 4.69) is 4.98 Å². The molecule has 0 bridgehead atoms. The van der Waals surface area contributed by atoms with Gasteiger partial charge in [0, 0.05) is 32.3 Å². The first-order valence-electron chi connectivity index (χ1n) is 11.4. The van der Waals surface area contributed by atoms with Gasteiger partial charge >= 0.3 is 6.09 Å². The quantitative estimate of drug-likeness (QED) is 0.273. The van der Waals surface area contributed by atoms with E-state index in [1.165, 1.54) is 28.1 Å². The lowest BCUT2D eigenvalue weighted by Gasteiger charge is -2.31. The molecular formula is C26H25F4N3O3. The highest BCUT2D eigenvalue weighted by molar-refractivity contribution is 5.95. The number of fused-ring (bicyclic) bond motifs is 1. The van der Waals surface area contributed by atoms with Crippen LogP contribution in [0.25, 0.3) is 0 Å². The zero-order chi connectivity index (χ0) is 26.2. The van der Waals surface area contributed by atoms with Gasteiger partial charge in [-0.15, -0.1) is 0 Å². The smallest absolute Gasteiger partial charge is 0.410 e. The number of imidazole rings is 1. The third-order valence-electron chi connectivity index (χ3n) is 5.71. The van der Waals surface area contributed by atoms with Gasteiger partial charge in [-0.25, -0.2) is 27.3 Å². The van der Waals surface area contributed by atoms with Gasteiger partial charge in [0.1, 0.15) is 17.1 Å². The topological polar surface area (TPSA) is 64.4 Å². The van der Waals surface area contributed by atoms with Gasteiger partial charge in [0.25, 0.3) is 0 Å². The predicted molar refractivity (Wildman–Crippen MR) is 122 cm³/mol. The number of aromatic nitrogens is 2. The average molecular weight is 503 g/mol. The molecule has 1 aromatic heterocycles. The van der Waals surface area contributed by atoms with E-state index >= 15 is 0 Å². The van der Waals surface area contributed by atoms with Crippen molar-refractivity contribution < 1.29 is 31.9 Å². The Morgan fingerprint density at radius 3 is 2.36 bits per heavy atom. The Morgan fingerprint density at radius 1 is 1.00 bits per heavy atom. The summed E-state index contributed by atoms with van der Waals surface area (Å²) in [6.45, 7) is 5.92. The number of amides is 1. The second-order valence-corrected chi connectivity index (χ2v) is 9.77. The fourth-order valence-electron chi connectivity index (χ4n) is 4.01. The van der Waals surface area contributed by atoms with Gasteiger partial charge in [-0.1, -0.05) is 6.07 Å². The van der Waals surface area contributed by atoms with Crippen LogP contribution >= 0.6 is 0 Å². The van der Waals surface area contributed by atoms with Gasteiger partial charge < -0.3 is 14.2 Å². The van der Waals surface area contributed by atoms with Crippen molar-refractivity contribution >= 4 is 11.9 Å². The van der Waals surface area contributed by atoms with Crippen molar-refractivity contribution in [2.75, 3.05) is 6.54 Å². The summed E-state index contributed by atoms with van der Waals surface area (Å²) in [5.74, 6) is -5.16. The number of carbonyl (C=O) groups is 2. The van der Waals surface area contributed by atoms with Gasteiger partial charge in [-0.2, -0.15) is 0 Å². The highest BCUT2D eigenvalue weighted by Crippen LogP contribution is 2.25. The van der Waals surface area contributed by atoms with Crippen LogP contribution in [0.5, 0.6) is 0 Å². The van der Waals surface area contributed by atoms with Crippen molar-refractivity contribution in [3.05, 3.63) is 88.0 Å². The molecule has 0 spiro atoms. The summed E-state index contributed by atoms with van der Waals surface area (Å²) in [6.07, 6.45) is 2.49. The van der Waals surface area contributed by atoms with Crippen molar-refractivity contribution in [2.24, 2.45) is 0 Å². The Kier molecular flexibility index (Phi) is 6.88. The number of rotatable bonds is 5. The lowest BCUT2D eigenvalue weighted by atomic mass is 9.95. The molecule has 0 radical (unpaired) electrons. The number of carbonyl (C=O) groups excluding carboxylic acids is 2. The average Bonchev–Trinajstić information content (AvgIpc) is 3.25. The Morgan fingerprint density at radius 2 is 1.69 bits per heavy atom. The summed E-state index contributed by atoms with van der Waals surface area (Å²) in [7, 11) is 0. The van der Waals surface area contributed by atoms with E-state index in [4.69, 9.17) is 4.74 Å². The minimum absolute atomic E-state index is 0.0320. The standard InChI is InChI=1S/C26H25F4N3O3/c1-26(2,3)36-25(35)33-5-4-16-8-17(19(27)9-18(16)12-33)10-23(34)22-13-32(14-31-22)11-15-6-20(28)24(30)21(29)7-15/h6-9,13-14H,4-5,10-12H2,1-3H3. The number of benzene rings is 2. The zero-order valence-corrected chi connectivity index (χ0v) is 20.1. The molecule has 0 saturated heterocycles. The first-order valence-corrected chi connectivity index (χ1v) is 11.4. The van der Waals surface area contributed by atoms with Crippen LogP contribution in [0, 0.1) is 23.3 Å². The fraction of sp³-hybridized carbons (Fsp3) is 0.346. The highest BCUT2D eigenvalue weighted by Gasteiger charge is 2.27. The Hall–Kier alpha value is -3.69. The first-order chi connectivity index (χ1) is 16.9. The number of Topliss-reactive ketones (excluding diaryl/α,β-unsaturated/α-hetero) is 1. The number of nitrogens with zero attached hydrogens (tertiary/aromatic N) is 3. The zero-order valence-electron chi connectivity index (χ0n) is 20.1. The van der Waals surface area contributed by atoms with E-state index in [9.17, 15) is 27.2 Å². The normalized spacial score (nSPS) is 13.5. The molecule has 3 aromatic rings. The van der Waals surface area contributed by atoms with Crippen LogP contribution in [-0.2, 0) is 30.7 Å². The van der Waals surface area contributed by atoms with E-state index in [0.717, 1.165) is 17.7 Å². The van der Waals surface area contributed by atoms with Crippen LogP contribution in [0.15, 0.2) is 36.8 Å². The molecule has 190 valence electrons. The van der Waals surface area contributed by atoms with Crippen LogP contribution in [0.1, 0.15) is 53.5 Å². The second kappa shape index (κ2) is 9.75. The molecule has 6 nitrogen and oxygen atoms in total. The summed E-state index contributed by atoms with van der Waals surface area (Å²) in [5, 5.41) is 0. The fourth-order valence-corrected chi connectivity index (χ4v) is 4.01. The molecule has 0 saturated carbocycles. The molecule has 2 heterocycles. The van der Waals surface area contributed by atoms with Crippen molar-refractivity contribution in [1.82, 2.24) is 14.5 Å². The van der Waals surface area contributed by atoms with Crippen molar-refractivity contribution in [3.63, 3.8) is 0 Å². The number of ether oxygens (including phenoxy) is 1. The van der Waals surface area contributed by atoms with E-state index in [1.54, 1.807) is 26.8 Å². The van der Waals surface area contributed by atoms with Crippen molar-refractivity contribution in [3.8, 4) is 0 Å². The molecular weight excluding hydrogens is 478 g/mol. The van der Waals surface area contributed by atoms with E-state index in [-0.39, 0.29) is 36.3 Å². The molecule has 1 aliphatic heterocycles. The highest BCUT2D eigenvalue weighted by atomic mass is 19.2. The number of ketones is 1. The van der Waals surface area contributed by atoms with Crippen molar-refractivity contribution in [1.29, 1.82) is 0 Å². The lowest BCUT2D eigenvalue weighted by Crippen LogP contribution is -2.40. The molecule has 2 aromatic carbocycles. The molecule has 10 heteroatoms. The van der Waals surface area contributed by atoms with Gasteiger partial charge in [0.2, 0.25) is 0 Å². The molecule has 0 unspecified atom stereocenters. The van der Waals surface area contributed by atoms with Gasteiger partial charge in [-0.05, 0) is 67.6 Å². The van der Waals surface area contributed by atoms with E-state index < -0.39 is 40.7 Å².